The first-order chi connectivity index (χ1) is 16.5. The fourth-order valence-electron chi connectivity index (χ4n) is 3.84. The van der Waals surface area contributed by atoms with Crippen molar-refractivity contribution in [2.75, 3.05) is 12.4 Å². The number of aromatic nitrogens is 1. The summed E-state index contributed by atoms with van der Waals surface area (Å²) < 4.78 is 41.7. The van der Waals surface area contributed by atoms with Crippen molar-refractivity contribution in [3.05, 3.63) is 87.4 Å². The van der Waals surface area contributed by atoms with Gasteiger partial charge in [0.05, 0.1) is 12.2 Å². The van der Waals surface area contributed by atoms with Crippen LogP contribution in [0.5, 0.6) is 0 Å². The number of ketones is 1. The third-order valence-corrected chi connectivity index (χ3v) is 5.81. The average molecular weight is 506 g/mol. The van der Waals surface area contributed by atoms with Crippen LogP contribution in [0.4, 0.5) is 18.9 Å². The number of hydrogen-bond donors (Lipinski definition) is 2. The summed E-state index contributed by atoms with van der Waals surface area (Å²) in [5.41, 5.74) is 0.584. The smallest absolute Gasteiger partial charge is 0.267 e. The van der Waals surface area contributed by atoms with Gasteiger partial charge >= 0.3 is 0 Å². The highest BCUT2D eigenvalue weighted by atomic mass is 35.5. The molecule has 0 aliphatic carbocycles. The van der Waals surface area contributed by atoms with Crippen molar-refractivity contribution < 1.29 is 27.6 Å². The highest BCUT2D eigenvalue weighted by Gasteiger charge is 2.27. The van der Waals surface area contributed by atoms with Gasteiger partial charge in [0.25, 0.3) is 18.2 Å². The van der Waals surface area contributed by atoms with Crippen molar-refractivity contribution in [3.8, 4) is 0 Å². The molecular weight excluding hydrogens is 483 g/mol. The molecule has 3 rings (SSSR count). The molecule has 0 saturated heterocycles. The van der Waals surface area contributed by atoms with E-state index in [1.807, 2.05) is 0 Å². The largest absolute Gasteiger partial charge is 0.354 e. The van der Waals surface area contributed by atoms with E-state index in [0.717, 1.165) is 6.07 Å². The van der Waals surface area contributed by atoms with Gasteiger partial charge in [-0.3, -0.25) is 14.4 Å². The fourth-order valence-corrected chi connectivity index (χ4v) is 4.13. The zero-order valence-electron chi connectivity index (χ0n) is 19.2. The molecule has 2 amide bonds. The third kappa shape index (κ3) is 5.74. The number of halogens is 4. The fraction of sp³-hybridized carbons (Fsp3) is 0.240. The molecule has 1 heterocycles. The van der Waals surface area contributed by atoms with Crippen molar-refractivity contribution in [3.63, 3.8) is 0 Å². The normalized spacial score (nSPS) is 11.9. The molecule has 6 nitrogen and oxygen atoms in total. The number of Topliss-reactive ketones (excluding diaryl/α,β-unsaturated/α-hetero) is 1. The molecule has 0 unspecified atom stereocenters. The lowest BCUT2D eigenvalue weighted by atomic mass is 9.96. The lowest BCUT2D eigenvalue weighted by molar-refractivity contribution is -0.117. The van der Waals surface area contributed by atoms with Crippen LogP contribution < -0.4 is 10.6 Å². The van der Waals surface area contributed by atoms with Gasteiger partial charge in [0.2, 0.25) is 0 Å². The van der Waals surface area contributed by atoms with Crippen LogP contribution in [0.15, 0.2) is 48.5 Å². The third-order valence-electron chi connectivity index (χ3n) is 5.46. The minimum atomic E-state index is -2.76. The molecule has 0 radical (unpaired) electrons. The van der Waals surface area contributed by atoms with Gasteiger partial charge in [-0.1, -0.05) is 30.7 Å². The van der Waals surface area contributed by atoms with E-state index in [1.54, 1.807) is 6.92 Å². The number of benzene rings is 2. The number of nitrogens with one attached hydrogen (secondary N) is 2. The van der Waals surface area contributed by atoms with Gasteiger partial charge in [0.1, 0.15) is 17.3 Å². The highest BCUT2D eigenvalue weighted by molar-refractivity contribution is 6.31. The monoisotopic (exact) mass is 505 g/mol. The number of amides is 2. The van der Waals surface area contributed by atoms with Crippen molar-refractivity contribution in [2.24, 2.45) is 0 Å². The summed E-state index contributed by atoms with van der Waals surface area (Å²) in [4.78, 5) is 37.7. The predicted octanol–water partition coefficient (Wildman–Crippen LogP) is 5.57. The van der Waals surface area contributed by atoms with E-state index in [1.165, 1.54) is 61.0 Å². The van der Waals surface area contributed by atoms with E-state index in [-0.39, 0.29) is 39.9 Å². The summed E-state index contributed by atoms with van der Waals surface area (Å²) in [5.74, 6) is -2.70. The number of hydrogen-bond acceptors (Lipinski definition) is 3. The molecule has 1 aromatic heterocycles. The molecule has 10 heteroatoms. The zero-order chi connectivity index (χ0) is 25.9. The molecule has 184 valence electrons. The molecule has 1 atom stereocenters. The Morgan fingerprint density at radius 1 is 1.06 bits per heavy atom. The Labute approximate surface area is 205 Å². The number of carbonyl (C=O) groups excluding carboxylic acids is 3. The second-order valence-electron chi connectivity index (χ2n) is 7.96. The van der Waals surface area contributed by atoms with Crippen LogP contribution in [-0.2, 0) is 11.3 Å². The van der Waals surface area contributed by atoms with Crippen molar-refractivity contribution in [2.45, 2.75) is 32.7 Å². The van der Waals surface area contributed by atoms with E-state index in [2.05, 4.69) is 10.6 Å². The maximum Gasteiger partial charge on any atom is 0.267 e. The SMILES string of the molecule is CNC(=O)c1cc(NC(=O)c2cccc(C(F)F)c2)c([C@@H](C)c2cc(F)ccc2Cl)n1CC(C)=O. The summed E-state index contributed by atoms with van der Waals surface area (Å²) in [6.07, 6.45) is -2.76. The minimum absolute atomic E-state index is 0.0222. The van der Waals surface area contributed by atoms with Crippen LogP contribution in [0.25, 0.3) is 0 Å². The van der Waals surface area contributed by atoms with Crippen LogP contribution in [0.3, 0.4) is 0 Å². The topological polar surface area (TPSA) is 80.2 Å². The average Bonchev–Trinajstić information content (AvgIpc) is 3.16. The molecular formula is C25H23ClF3N3O3. The summed E-state index contributed by atoms with van der Waals surface area (Å²) in [6.45, 7) is 2.82. The molecule has 0 aliphatic rings. The highest BCUT2D eigenvalue weighted by Crippen LogP contribution is 2.37. The predicted molar refractivity (Wildman–Crippen MR) is 127 cm³/mol. The molecule has 2 N–H and O–H groups in total. The van der Waals surface area contributed by atoms with Gasteiger partial charge in [-0.25, -0.2) is 13.2 Å². The molecule has 0 spiro atoms. The van der Waals surface area contributed by atoms with Crippen molar-refractivity contribution in [1.29, 1.82) is 0 Å². The first kappa shape index (κ1) is 26.0. The summed E-state index contributed by atoms with van der Waals surface area (Å²) in [5, 5.41) is 5.39. The maximum atomic E-state index is 14.0. The number of anilines is 1. The Morgan fingerprint density at radius 3 is 2.40 bits per heavy atom. The van der Waals surface area contributed by atoms with E-state index in [9.17, 15) is 27.6 Å². The molecule has 0 fully saturated rings. The van der Waals surface area contributed by atoms with Gasteiger partial charge < -0.3 is 15.2 Å². The Bertz CT molecular complexity index is 1290. The first-order valence-electron chi connectivity index (χ1n) is 10.6. The van der Waals surface area contributed by atoms with E-state index in [4.69, 9.17) is 11.6 Å². The van der Waals surface area contributed by atoms with Gasteiger partial charge in [-0.2, -0.15) is 0 Å². The standard InChI is InChI=1S/C25H23ClF3N3O3/c1-13(33)12-32-21(25(35)30-3)11-20(22(32)14(2)18-10-17(27)7-8-19(18)26)31-24(34)16-6-4-5-15(9-16)23(28)29/h4-11,14,23H,12H2,1-3H3,(H,30,35)(H,31,34)/t14-/m0/s1. The summed E-state index contributed by atoms with van der Waals surface area (Å²) >= 11 is 6.32. The van der Waals surface area contributed by atoms with Crippen LogP contribution in [0, 0.1) is 5.82 Å². The first-order valence-corrected chi connectivity index (χ1v) is 11.0. The lowest BCUT2D eigenvalue weighted by Crippen LogP contribution is -2.24. The van der Waals surface area contributed by atoms with Crippen molar-refractivity contribution in [1.82, 2.24) is 9.88 Å². The number of carbonyl (C=O) groups is 3. The molecule has 2 aromatic carbocycles. The molecule has 3 aromatic rings. The Morgan fingerprint density at radius 2 is 1.77 bits per heavy atom. The number of rotatable bonds is 8. The Kier molecular flexibility index (Phi) is 8.01. The Balaban J connectivity index is 2.17. The van der Waals surface area contributed by atoms with E-state index in [0.29, 0.717) is 11.3 Å². The van der Waals surface area contributed by atoms with Crippen LogP contribution in [-0.4, -0.2) is 29.2 Å². The molecule has 0 aliphatic heterocycles. The number of nitrogens with zero attached hydrogens (tertiary/aromatic N) is 1. The minimum Gasteiger partial charge on any atom is -0.354 e. The molecule has 0 saturated carbocycles. The van der Waals surface area contributed by atoms with Gasteiger partial charge in [0.15, 0.2) is 0 Å². The molecule has 0 bridgehead atoms. The van der Waals surface area contributed by atoms with Crippen LogP contribution >= 0.6 is 11.6 Å². The van der Waals surface area contributed by atoms with Gasteiger partial charge in [-0.15, -0.1) is 0 Å². The quantitative estimate of drug-likeness (QED) is 0.420. The molecule has 35 heavy (non-hydrogen) atoms. The summed E-state index contributed by atoms with van der Waals surface area (Å²) in [7, 11) is 1.41. The second kappa shape index (κ2) is 10.8. The zero-order valence-corrected chi connectivity index (χ0v) is 19.9. The van der Waals surface area contributed by atoms with E-state index >= 15 is 0 Å². The van der Waals surface area contributed by atoms with Gasteiger partial charge in [-0.05, 0) is 48.9 Å². The second-order valence-corrected chi connectivity index (χ2v) is 8.37. The Hall–Kier alpha value is -3.59. The van der Waals surface area contributed by atoms with Crippen LogP contribution in [0.2, 0.25) is 5.02 Å². The van der Waals surface area contributed by atoms with Crippen LogP contribution in [0.1, 0.15) is 63.9 Å². The van der Waals surface area contributed by atoms with E-state index < -0.39 is 30.0 Å². The lowest BCUT2D eigenvalue weighted by Gasteiger charge is -2.20. The maximum absolute atomic E-state index is 14.0. The number of alkyl halides is 2. The van der Waals surface area contributed by atoms with Crippen molar-refractivity contribution >= 4 is 34.9 Å². The van der Waals surface area contributed by atoms with Gasteiger partial charge in [0, 0.05) is 34.8 Å². The summed E-state index contributed by atoms with van der Waals surface area (Å²) in [6, 6.07) is 10.2.